The Bertz CT molecular complexity index is 3620. The molecule has 0 nitrogen and oxygen atoms in total. The molecule has 96 heavy (non-hydrogen) atoms. The zero-order valence-corrected chi connectivity index (χ0v) is 58.6. The quantitative estimate of drug-likeness (QED) is 0.105. The van der Waals surface area contributed by atoms with Crippen molar-refractivity contribution in [1.82, 2.24) is 0 Å². The fourth-order valence-electron chi connectivity index (χ4n) is 8.84. The predicted octanol–water partition coefficient (Wildman–Crippen LogP) is 27.6. The molecule has 1 fully saturated rings. The molecule has 0 heterocycles. The number of hydrogen-bond acceptors (Lipinski definition) is 0. The summed E-state index contributed by atoms with van der Waals surface area (Å²) in [6.45, 7) is -2.49. The number of rotatable bonds is 8. The van der Waals surface area contributed by atoms with Crippen molar-refractivity contribution in [3.8, 4) is 44.5 Å². The van der Waals surface area contributed by atoms with E-state index in [2.05, 4.69) is 31.9 Å². The minimum absolute atomic E-state index is 0. The summed E-state index contributed by atoms with van der Waals surface area (Å²) in [6, 6.07) is 19.8. The summed E-state index contributed by atoms with van der Waals surface area (Å²) in [5.41, 5.74) is -3.74. The third-order valence-electron chi connectivity index (χ3n) is 12.6. The molecule has 0 bridgehead atoms. The van der Waals surface area contributed by atoms with Gasteiger partial charge in [-0.05, 0) is 186 Å². The van der Waals surface area contributed by atoms with Crippen LogP contribution in [0.5, 0.6) is 0 Å². The van der Waals surface area contributed by atoms with E-state index >= 15 is 0 Å². The Hall–Kier alpha value is -5.12. The number of benzene rings is 9. The van der Waals surface area contributed by atoms with Gasteiger partial charge < -0.3 is 0 Å². The summed E-state index contributed by atoms with van der Waals surface area (Å²) >= 11 is 4.00. The Morgan fingerprint density at radius 1 is 0.292 bits per heavy atom. The first-order chi connectivity index (χ1) is 43.5. The first kappa shape index (κ1) is 90.9. The van der Waals surface area contributed by atoms with Gasteiger partial charge in [0.25, 0.3) is 0 Å². The van der Waals surface area contributed by atoms with Gasteiger partial charge in [-0.2, -0.15) is 0 Å². The van der Waals surface area contributed by atoms with Gasteiger partial charge in [0.05, 0.1) is 28.9 Å². The van der Waals surface area contributed by atoms with E-state index in [0.717, 1.165) is 60.7 Å². The second-order valence-corrected chi connectivity index (χ2v) is 30.1. The van der Waals surface area contributed by atoms with Crippen molar-refractivity contribution < 1.29 is 122 Å². The molecule has 0 amide bonds. The van der Waals surface area contributed by atoms with E-state index in [1.54, 1.807) is 0 Å². The van der Waals surface area contributed by atoms with Crippen LogP contribution in [0.3, 0.4) is 0 Å². The Kier molecular flexibility index (Phi) is 42.4. The zero-order chi connectivity index (χ0) is 68.7. The average molecular weight is 1690 g/mol. The fourth-order valence-corrected chi connectivity index (χ4v) is 9.71. The first-order valence-electron chi connectivity index (χ1n) is 26.0. The summed E-state index contributed by atoms with van der Waals surface area (Å²) in [5, 5.41) is 0. The molecule has 1 aliphatic carbocycles. The Labute approximate surface area is 590 Å². The van der Waals surface area contributed by atoms with Gasteiger partial charge in [0.1, 0.15) is 118 Å². The van der Waals surface area contributed by atoms with Crippen LogP contribution in [0.25, 0.3) is 44.5 Å². The molecule has 0 radical (unpaired) electrons. The standard InChI is InChI=1S/C19H9F7.C19H17F5.C13H7F5.2C6H3BrF2.4CH4.4ClH.2Zn/c20-8-9-1-14(23)19(15(24)2-9)11-5-16(25)18(17(26)6-11)10-3-12(21)7-13(22)4-10;20-10-11-1-3-12(4-2-11)13-7-17(23)19(18(24)8-13)14-5-15(21)9-16(22)6-14;14-6-7-1-11(17)13(12(18)2-7)8-3-9(15)5-10(16)4-8;2*7-4-1-5(8)3-6(9)2-4;;;;;;;;;;/h1-7H,8H2;5-9,11-12H,1-4,10H2;1-5H,6H2;2*1-3H;4*1H4;4*1H;;/q;;;;;;;;;;;;;2*+2/p-4. The molecule has 1 aliphatic rings. The third-order valence-corrected chi connectivity index (χ3v) is 13.5. The normalized spacial score (nSPS) is 12.3. The van der Waals surface area contributed by atoms with Crippen molar-refractivity contribution in [2.45, 2.75) is 74.7 Å². The fraction of sp³-hybridized carbons (Fsp3) is 0.194. The third kappa shape index (κ3) is 28.6. The van der Waals surface area contributed by atoms with Gasteiger partial charge in [-0.3, -0.25) is 4.39 Å². The van der Waals surface area contributed by atoms with Gasteiger partial charge in [-0.25, -0.2) is 87.8 Å². The maximum absolute atomic E-state index is 14.4. The summed E-state index contributed by atoms with van der Waals surface area (Å²) < 4.78 is 279. The van der Waals surface area contributed by atoms with Crippen LogP contribution in [-0.2, 0) is 43.6 Å². The molecule has 0 spiro atoms. The van der Waals surface area contributed by atoms with Crippen LogP contribution >= 0.6 is 70.6 Å². The van der Waals surface area contributed by atoms with Crippen molar-refractivity contribution >= 4 is 70.6 Å². The zero-order valence-electron chi connectivity index (χ0n) is 46.5. The number of alkyl halides is 3. The molecule has 0 atom stereocenters. The Morgan fingerprint density at radius 3 is 0.698 bits per heavy atom. The summed E-state index contributed by atoms with van der Waals surface area (Å²) in [5.74, 6) is -16.7. The molecular weight excluding hydrogens is 1640 g/mol. The molecule has 29 heteroatoms. The second-order valence-electron chi connectivity index (χ2n) is 19.0. The van der Waals surface area contributed by atoms with Crippen LogP contribution in [0.4, 0.5) is 92.2 Å². The van der Waals surface area contributed by atoms with E-state index < -0.39 is 182 Å². The maximum atomic E-state index is 14.4. The molecule has 0 aliphatic heterocycles. The summed E-state index contributed by atoms with van der Waals surface area (Å²) in [6.07, 6.45) is 2.76. The summed E-state index contributed by atoms with van der Waals surface area (Å²) in [7, 11) is 19.8. The first-order valence-corrected chi connectivity index (χ1v) is 43.1. The molecular formula is C67H55Br2Cl4F21Zn2. The van der Waals surface area contributed by atoms with Crippen molar-refractivity contribution in [3.63, 3.8) is 0 Å². The van der Waals surface area contributed by atoms with Gasteiger partial charge in [0, 0.05) is 39.3 Å². The second kappa shape index (κ2) is 44.8. The summed E-state index contributed by atoms with van der Waals surface area (Å²) in [4.78, 5) is 0. The van der Waals surface area contributed by atoms with E-state index in [0.29, 0.717) is 82.7 Å². The van der Waals surface area contributed by atoms with Crippen LogP contribution in [0.2, 0.25) is 0 Å². The average Bonchev–Trinajstić information content (AvgIpc) is 0.803. The minimum atomic E-state index is -1.27. The molecule has 10 rings (SSSR count). The molecule has 1 saturated carbocycles. The molecule has 9 aromatic carbocycles. The molecule has 0 aromatic heterocycles. The van der Waals surface area contributed by atoms with Crippen molar-refractivity contribution in [3.05, 3.63) is 270 Å². The number of hydrogen-bond donors (Lipinski definition) is 0. The van der Waals surface area contributed by atoms with E-state index in [-0.39, 0.29) is 70.5 Å². The topological polar surface area (TPSA) is 0 Å². The van der Waals surface area contributed by atoms with E-state index in [1.807, 2.05) is 0 Å². The van der Waals surface area contributed by atoms with Gasteiger partial charge in [0.2, 0.25) is 0 Å². The van der Waals surface area contributed by atoms with Gasteiger partial charge in [-0.1, -0.05) is 61.6 Å². The molecule has 0 N–H and O–H groups in total. The molecule has 0 unspecified atom stereocenters. The van der Waals surface area contributed by atoms with Crippen LogP contribution < -0.4 is 0 Å². The Balaban J connectivity index is 0.00000119. The monoisotopic (exact) mass is 1680 g/mol. The van der Waals surface area contributed by atoms with Crippen LogP contribution in [0, 0.1) is 111 Å². The van der Waals surface area contributed by atoms with Crippen LogP contribution in [0.15, 0.2) is 148 Å². The van der Waals surface area contributed by atoms with E-state index in [9.17, 15) is 92.2 Å². The number of halogens is 27. The molecule has 0 saturated heterocycles. The van der Waals surface area contributed by atoms with E-state index in [4.69, 9.17) is 38.8 Å². The molecule has 516 valence electrons. The van der Waals surface area contributed by atoms with Crippen molar-refractivity contribution in [2.24, 2.45) is 5.92 Å². The molecule has 9 aromatic rings. The van der Waals surface area contributed by atoms with Crippen molar-refractivity contribution in [2.75, 3.05) is 6.67 Å². The van der Waals surface area contributed by atoms with Crippen molar-refractivity contribution in [1.29, 1.82) is 0 Å². The Morgan fingerprint density at radius 2 is 0.490 bits per heavy atom. The van der Waals surface area contributed by atoms with Crippen LogP contribution in [-0.4, -0.2) is 6.67 Å². The van der Waals surface area contributed by atoms with Gasteiger partial charge in [0.15, 0.2) is 0 Å². The van der Waals surface area contributed by atoms with Gasteiger partial charge in [-0.15, -0.1) is 0 Å². The van der Waals surface area contributed by atoms with E-state index in [1.165, 1.54) is 36.4 Å². The van der Waals surface area contributed by atoms with Crippen LogP contribution in [0.1, 0.15) is 78.0 Å². The van der Waals surface area contributed by atoms with Gasteiger partial charge >= 0.3 is 69.1 Å². The predicted molar refractivity (Wildman–Crippen MR) is 339 cm³/mol. The SMILES string of the molecule is C.C.C.C.FCC1CCC(c2cc(F)c(-c3cc(F)cc(F)c3)c(F)c2)CC1.FCc1cc(F)c(-c2cc(F)c(-c3cc(F)cc(F)c3)c(F)c2)c(F)c1.FCc1cc(F)c(-c2cc(F)cc(F)c2)c(F)c1.Fc1cc(F)cc(Br)c1.Fc1cc(F)cc(Br)c1.[Cl][Zn][Cl].[Cl][Zn][Cl].